The number of pyridine rings is 1. The number of likely N-dealkylation sites (tertiary alicyclic amines) is 1. The van der Waals surface area contributed by atoms with Crippen molar-refractivity contribution in [1.82, 2.24) is 9.88 Å². The molecular formula is C23H32N2O2. The van der Waals surface area contributed by atoms with Crippen molar-refractivity contribution < 1.29 is 9.53 Å². The van der Waals surface area contributed by atoms with Crippen LogP contribution in [0.25, 0.3) is 10.8 Å². The molecule has 2 aromatic rings. The van der Waals surface area contributed by atoms with Crippen LogP contribution in [-0.4, -0.2) is 34.7 Å². The molecule has 1 fully saturated rings. The van der Waals surface area contributed by atoms with Crippen LogP contribution in [0, 0.1) is 17.8 Å². The number of rotatable bonds is 2. The SMILES string of the molecule is C[C@H]1CCN(C(=O)OC(C)(C)C)C[C@H](C)C1Cc1ccc2cnccc2c1. The molecule has 4 heteroatoms. The van der Waals surface area contributed by atoms with Gasteiger partial charge < -0.3 is 9.64 Å². The zero-order valence-electron chi connectivity index (χ0n) is 17.2. The second kappa shape index (κ2) is 7.87. The third kappa shape index (κ3) is 5.00. The van der Waals surface area contributed by atoms with Crippen molar-refractivity contribution in [2.75, 3.05) is 13.1 Å². The lowest BCUT2D eigenvalue weighted by atomic mass is 9.78. The molecule has 0 saturated carbocycles. The Morgan fingerprint density at radius 2 is 1.96 bits per heavy atom. The maximum atomic E-state index is 12.5. The molecule has 0 N–H and O–H groups in total. The van der Waals surface area contributed by atoms with Crippen molar-refractivity contribution in [3.8, 4) is 0 Å². The average Bonchev–Trinajstić information content (AvgIpc) is 2.73. The number of hydrogen-bond donors (Lipinski definition) is 0. The van der Waals surface area contributed by atoms with Gasteiger partial charge in [-0.05, 0) is 68.4 Å². The highest BCUT2D eigenvalue weighted by Crippen LogP contribution is 2.32. The molecule has 0 radical (unpaired) electrons. The van der Waals surface area contributed by atoms with Crippen molar-refractivity contribution >= 4 is 16.9 Å². The average molecular weight is 369 g/mol. The molecule has 27 heavy (non-hydrogen) atoms. The molecule has 1 unspecified atom stereocenters. The largest absolute Gasteiger partial charge is 0.444 e. The van der Waals surface area contributed by atoms with Gasteiger partial charge in [0.05, 0.1) is 0 Å². The van der Waals surface area contributed by atoms with Crippen molar-refractivity contribution in [3.63, 3.8) is 0 Å². The molecule has 4 nitrogen and oxygen atoms in total. The zero-order chi connectivity index (χ0) is 19.6. The Bertz CT molecular complexity index is 796. The third-order valence-electron chi connectivity index (χ3n) is 5.65. The van der Waals surface area contributed by atoms with Gasteiger partial charge in [-0.2, -0.15) is 0 Å². The molecule has 1 amide bonds. The Hall–Kier alpha value is -2.10. The highest BCUT2D eigenvalue weighted by atomic mass is 16.6. The maximum Gasteiger partial charge on any atom is 0.410 e. The molecule has 1 aliphatic rings. The molecular weight excluding hydrogens is 336 g/mol. The molecule has 146 valence electrons. The lowest BCUT2D eigenvalue weighted by molar-refractivity contribution is 0.0232. The topological polar surface area (TPSA) is 42.4 Å². The Balaban J connectivity index is 1.72. The predicted molar refractivity (Wildman–Crippen MR) is 110 cm³/mol. The van der Waals surface area contributed by atoms with Gasteiger partial charge in [-0.1, -0.05) is 32.0 Å². The summed E-state index contributed by atoms with van der Waals surface area (Å²) in [4.78, 5) is 18.6. The Kier molecular flexibility index (Phi) is 5.73. The van der Waals surface area contributed by atoms with Crippen molar-refractivity contribution in [2.45, 2.75) is 53.1 Å². The van der Waals surface area contributed by atoms with Gasteiger partial charge in [-0.25, -0.2) is 4.79 Å². The number of fused-ring (bicyclic) bond motifs is 1. The number of nitrogens with zero attached hydrogens (tertiary/aromatic N) is 2. The lowest BCUT2D eigenvalue weighted by Crippen LogP contribution is -2.39. The summed E-state index contributed by atoms with van der Waals surface area (Å²) < 4.78 is 5.60. The van der Waals surface area contributed by atoms with Crippen molar-refractivity contribution in [1.29, 1.82) is 0 Å². The summed E-state index contributed by atoms with van der Waals surface area (Å²) in [7, 11) is 0. The van der Waals surface area contributed by atoms with Gasteiger partial charge in [-0.3, -0.25) is 4.98 Å². The zero-order valence-corrected chi connectivity index (χ0v) is 17.2. The number of aromatic nitrogens is 1. The first-order valence-electron chi connectivity index (χ1n) is 10.0. The third-order valence-corrected chi connectivity index (χ3v) is 5.65. The van der Waals surface area contributed by atoms with Crippen LogP contribution in [0.5, 0.6) is 0 Å². The van der Waals surface area contributed by atoms with Crippen LogP contribution in [0.3, 0.4) is 0 Å². The highest BCUT2D eigenvalue weighted by Gasteiger charge is 2.32. The number of amides is 1. The second-order valence-corrected chi connectivity index (χ2v) is 9.09. The van der Waals surface area contributed by atoms with E-state index in [2.05, 4.69) is 43.1 Å². The quantitative estimate of drug-likeness (QED) is 0.722. The van der Waals surface area contributed by atoms with Crippen molar-refractivity contribution in [3.05, 3.63) is 42.2 Å². The second-order valence-electron chi connectivity index (χ2n) is 9.09. The van der Waals surface area contributed by atoms with E-state index >= 15 is 0 Å². The van der Waals surface area contributed by atoms with E-state index < -0.39 is 5.60 Å². The summed E-state index contributed by atoms with van der Waals surface area (Å²) in [5.74, 6) is 1.56. The summed E-state index contributed by atoms with van der Waals surface area (Å²) in [5, 5.41) is 2.42. The van der Waals surface area contributed by atoms with Crippen LogP contribution in [0.1, 0.15) is 46.6 Å². The molecule has 3 rings (SSSR count). The summed E-state index contributed by atoms with van der Waals surface area (Å²) in [6.45, 7) is 11.9. The monoisotopic (exact) mass is 368 g/mol. The summed E-state index contributed by atoms with van der Waals surface area (Å²) in [5.41, 5.74) is 0.917. The van der Waals surface area contributed by atoms with E-state index in [1.165, 1.54) is 16.3 Å². The highest BCUT2D eigenvalue weighted by molar-refractivity contribution is 5.82. The molecule has 1 saturated heterocycles. The van der Waals surface area contributed by atoms with Crippen LogP contribution in [0.4, 0.5) is 4.79 Å². The minimum absolute atomic E-state index is 0.180. The summed E-state index contributed by atoms with van der Waals surface area (Å²) in [6, 6.07) is 8.74. The number of ether oxygens (including phenoxy) is 1. The van der Waals surface area contributed by atoms with Gasteiger partial charge in [-0.15, -0.1) is 0 Å². The van der Waals surface area contributed by atoms with Crippen LogP contribution in [0.15, 0.2) is 36.7 Å². The van der Waals surface area contributed by atoms with Crippen LogP contribution in [-0.2, 0) is 11.2 Å². The van der Waals surface area contributed by atoms with E-state index in [4.69, 9.17) is 4.74 Å². The fourth-order valence-electron chi connectivity index (χ4n) is 4.14. The van der Waals surface area contributed by atoms with Gasteiger partial charge in [0.2, 0.25) is 0 Å². The minimum Gasteiger partial charge on any atom is -0.444 e. The van der Waals surface area contributed by atoms with E-state index in [1.54, 1.807) is 0 Å². The summed E-state index contributed by atoms with van der Waals surface area (Å²) in [6.07, 6.45) is 5.64. The van der Waals surface area contributed by atoms with Crippen LogP contribution in [0.2, 0.25) is 0 Å². The first kappa shape index (κ1) is 19.7. The number of hydrogen-bond acceptors (Lipinski definition) is 3. The Morgan fingerprint density at radius 1 is 1.19 bits per heavy atom. The Labute approximate surface area is 162 Å². The molecule has 0 spiro atoms. The lowest BCUT2D eigenvalue weighted by Gasteiger charge is -2.29. The van der Waals surface area contributed by atoms with Gasteiger partial charge in [0, 0.05) is 30.9 Å². The number of carbonyl (C=O) groups is 1. The van der Waals surface area contributed by atoms with Gasteiger partial charge in [0.1, 0.15) is 5.60 Å². The van der Waals surface area contributed by atoms with E-state index in [9.17, 15) is 4.79 Å². The fourth-order valence-corrected chi connectivity index (χ4v) is 4.14. The van der Waals surface area contributed by atoms with Gasteiger partial charge in [0.15, 0.2) is 0 Å². The minimum atomic E-state index is -0.447. The Morgan fingerprint density at radius 3 is 2.70 bits per heavy atom. The van der Waals surface area contributed by atoms with Crippen molar-refractivity contribution in [2.24, 2.45) is 17.8 Å². The molecule has 1 aromatic heterocycles. The van der Waals surface area contributed by atoms with Crippen LogP contribution < -0.4 is 0 Å². The van der Waals surface area contributed by atoms with Crippen LogP contribution >= 0.6 is 0 Å². The molecule has 0 bridgehead atoms. The van der Waals surface area contributed by atoms with E-state index in [1.807, 2.05) is 38.1 Å². The normalized spacial score (nSPS) is 23.9. The van der Waals surface area contributed by atoms with Gasteiger partial charge in [0.25, 0.3) is 0 Å². The molecule has 2 heterocycles. The molecule has 0 aliphatic carbocycles. The molecule has 1 aliphatic heterocycles. The molecule has 3 atom stereocenters. The first-order valence-corrected chi connectivity index (χ1v) is 10.0. The maximum absolute atomic E-state index is 12.5. The van der Waals surface area contributed by atoms with E-state index in [0.29, 0.717) is 17.8 Å². The van der Waals surface area contributed by atoms with E-state index in [0.717, 1.165) is 25.9 Å². The standard InChI is InChI=1S/C23H32N2O2/c1-16-9-11-25(22(26)27-23(3,4)5)15-17(2)21(16)13-18-6-7-20-14-24-10-8-19(20)12-18/h6-8,10,12,14,16-17,21H,9,11,13,15H2,1-5H3/t16-,17-,21?/m0/s1. The smallest absolute Gasteiger partial charge is 0.410 e. The predicted octanol–water partition coefficient (Wildman–Crippen LogP) is 5.31. The number of carbonyl (C=O) groups excluding carboxylic acids is 1. The fraction of sp³-hybridized carbons (Fsp3) is 0.565. The molecule has 1 aromatic carbocycles. The first-order chi connectivity index (χ1) is 12.7. The van der Waals surface area contributed by atoms with Gasteiger partial charge >= 0.3 is 6.09 Å². The summed E-state index contributed by atoms with van der Waals surface area (Å²) >= 11 is 0. The number of benzene rings is 1. The van der Waals surface area contributed by atoms with E-state index in [-0.39, 0.29) is 6.09 Å².